The van der Waals surface area contributed by atoms with Crippen LogP contribution in [0.3, 0.4) is 0 Å². The zero-order valence-electron chi connectivity index (χ0n) is 13.6. The maximum absolute atomic E-state index is 13.0. The van der Waals surface area contributed by atoms with Crippen LogP contribution < -0.4 is 5.32 Å². The van der Waals surface area contributed by atoms with E-state index in [1.54, 1.807) is 0 Å². The van der Waals surface area contributed by atoms with E-state index >= 15 is 0 Å². The molecule has 12 heteroatoms. The standard InChI is InChI=1S/C15H15F9N2.ClH/c16-13(17,18)8-12(26-3-1-25-2-4-26)9-5-10(14(19,20)21)7-11(6-9)15(22,23)24;/h5-7,12,25H,1-4,8H2;1H/t12-;/m1./s1. The van der Waals surface area contributed by atoms with Crippen LogP contribution in [0.5, 0.6) is 0 Å². The van der Waals surface area contributed by atoms with Crippen molar-refractivity contribution in [3.05, 3.63) is 34.9 Å². The smallest absolute Gasteiger partial charge is 0.314 e. The van der Waals surface area contributed by atoms with Gasteiger partial charge in [0.2, 0.25) is 0 Å². The molecule has 1 atom stereocenters. The van der Waals surface area contributed by atoms with Gasteiger partial charge >= 0.3 is 18.5 Å². The monoisotopic (exact) mass is 430 g/mol. The zero-order chi connectivity index (χ0) is 19.8. The number of halogens is 10. The fourth-order valence-electron chi connectivity index (χ4n) is 2.84. The molecule has 0 saturated carbocycles. The van der Waals surface area contributed by atoms with Gasteiger partial charge in [-0.2, -0.15) is 39.5 Å². The van der Waals surface area contributed by atoms with Crippen LogP contribution in [-0.4, -0.2) is 37.3 Å². The highest BCUT2D eigenvalue weighted by atomic mass is 35.5. The van der Waals surface area contributed by atoms with Crippen LogP contribution in [0.15, 0.2) is 18.2 Å². The second kappa shape index (κ2) is 8.44. The Hall–Kier alpha value is -1.20. The Morgan fingerprint density at radius 3 is 1.63 bits per heavy atom. The number of nitrogens with one attached hydrogen (secondary N) is 1. The lowest BCUT2D eigenvalue weighted by atomic mass is 9.95. The molecule has 1 aromatic carbocycles. The Balaban J connectivity index is 0.00000364. The second-order valence-corrected chi connectivity index (χ2v) is 5.96. The van der Waals surface area contributed by atoms with Gasteiger partial charge in [-0.15, -0.1) is 12.4 Å². The van der Waals surface area contributed by atoms with Crippen molar-refractivity contribution in [2.24, 2.45) is 0 Å². The first kappa shape index (κ1) is 23.8. The molecule has 0 unspecified atom stereocenters. The molecule has 1 N–H and O–H groups in total. The number of rotatable bonds is 3. The minimum atomic E-state index is -5.11. The highest BCUT2D eigenvalue weighted by Gasteiger charge is 2.40. The van der Waals surface area contributed by atoms with Gasteiger partial charge in [-0.25, -0.2) is 0 Å². The third-order valence-electron chi connectivity index (χ3n) is 4.01. The van der Waals surface area contributed by atoms with Crippen LogP contribution in [-0.2, 0) is 12.4 Å². The van der Waals surface area contributed by atoms with Gasteiger partial charge in [0.1, 0.15) is 0 Å². The van der Waals surface area contributed by atoms with E-state index < -0.39 is 47.7 Å². The molecule has 1 aliphatic rings. The van der Waals surface area contributed by atoms with E-state index in [4.69, 9.17) is 0 Å². The molecule has 156 valence electrons. The molecule has 1 saturated heterocycles. The van der Waals surface area contributed by atoms with E-state index in [1.807, 2.05) is 0 Å². The first-order valence-electron chi connectivity index (χ1n) is 7.58. The van der Waals surface area contributed by atoms with Crippen LogP contribution in [0, 0.1) is 0 Å². The number of nitrogens with zero attached hydrogens (tertiary/aromatic N) is 1. The summed E-state index contributed by atoms with van der Waals surface area (Å²) in [6.45, 7) is 0.746. The number of piperazine rings is 1. The van der Waals surface area contributed by atoms with Crippen molar-refractivity contribution in [1.82, 2.24) is 10.2 Å². The Bertz CT molecular complexity index is 587. The normalized spacial score (nSPS) is 18.1. The van der Waals surface area contributed by atoms with Crippen LogP contribution in [0.4, 0.5) is 39.5 Å². The predicted molar refractivity (Wildman–Crippen MR) is 81.5 cm³/mol. The summed E-state index contributed by atoms with van der Waals surface area (Å²) in [5.74, 6) is 0. The lowest BCUT2D eigenvalue weighted by Crippen LogP contribution is -2.46. The number of alkyl halides is 9. The predicted octanol–water partition coefficient (Wildman–Crippen LogP) is 5.04. The molecule has 0 spiro atoms. The van der Waals surface area contributed by atoms with Crippen LogP contribution in [0.25, 0.3) is 0 Å². The average molecular weight is 431 g/mol. The molecule has 2 rings (SSSR count). The highest BCUT2D eigenvalue weighted by molar-refractivity contribution is 5.85. The quantitative estimate of drug-likeness (QED) is 0.676. The van der Waals surface area contributed by atoms with Crippen molar-refractivity contribution in [1.29, 1.82) is 0 Å². The van der Waals surface area contributed by atoms with Crippen molar-refractivity contribution in [3.8, 4) is 0 Å². The summed E-state index contributed by atoms with van der Waals surface area (Å²) in [6, 6.07) is -0.978. The summed E-state index contributed by atoms with van der Waals surface area (Å²) in [5, 5.41) is 2.87. The Labute approximate surface area is 155 Å². The van der Waals surface area contributed by atoms with Crippen molar-refractivity contribution in [2.45, 2.75) is 31.0 Å². The molecular formula is C15H16ClF9N2. The van der Waals surface area contributed by atoms with Crippen molar-refractivity contribution in [3.63, 3.8) is 0 Å². The molecular weight excluding hydrogens is 415 g/mol. The van der Waals surface area contributed by atoms with Crippen LogP contribution in [0.1, 0.15) is 29.2 Å². The molecule has 1 heterocycles. The fourth-order valence-corrected chi connectivity index (χ4v) is 2.84. The van der Waals surface area contributed by atoms with E-state index in [2.05, 4.69) is 5.32 Å². The Morgan fingerprint density at radius 1 is 0.815 bits per heavy atom. The van der Waals surface area contributed by atoms with Crippen molar-refractivity contribution in [2.75, 3.05) is 26.2 Å². The molecule has 0 aromatic heterocycles. The van der Waals surface area contributed by atoms with Gasteiger partial charge in [-0.3, -0.25) is 4.90 Å². The molecule has 0 aliphatic carbocycles. The van der Waals surface area contributed by atoms with Crippen molar-refractivity contribution >= 4 is 12.4 Å². The largest absolute Gasteiger partial charge is 0.416 e. The number of hydrogen-bond donors (Lipinski definition) is 1. The molecule has 0 radical (unpaired) electrons. The van der Waals surface area contributed by atoms with E-state index in [0.717, 1.165) is 0 Å². The summed E-state index contributed by atoms with van der Waals surface area (Å²) in [7, 11) is 0. The van der Waals surface area contributed by atoms with Crippen molar-refractivity contribution < 1.29 is 39.5 Å². The van der Waals surface area contributed by atoms with Gasteiger partial charge in [0, 0.05) is 32.2 Å². The van der Waals surface area contributed by atoms with Gasteiger partial charge in [0.05, 0.1) is 17.5 Å². The summed E-state index contributed by atoms with van der Waals surface area (Å²) in [5.41, 5.74) is -3.89. The van der Waals surface area contributed by atoms with Crippen LogP contribution in [0.2, 0.25) is 0 Å². The Morgan fingerprint density at radius 2 is 1.26 bits per heavy atom. The number of benzene rings is 1. The first-order chi connectivity index (χ1) is 11.8. The SMILES string of the molecule is Cl.FC(F)(F)C[C@H](c1cc(C(F)(F)F)cc(C(F)(F)F)c1)N1CCNCC1. The topological polar surface area (TPSA) is 15.3 Å². The third kappa shape index (κ3) is 6.72. The molecule has 1 aliphatic heterocycles. The first-order valence-corrected chi connectivity index (χ1v) is 7.58. The second-order valence-electron chi connectivity index (χ2n) is 5.96. The molecule has 2 nitrogen and oxygen atoms in total. The van der Waals surface area contributed by atoms with E-state index in [0.29, 0.717) is 25.2 Å². The summed E-state index contributed by atoms with van der Waals surface area (Å²) < 4.78 is 117. The van der Waals surface area contributed by atoms with Crippen LogP contribution >= 0.6 is 12.4 Å². The third-order valence-corrected chi connectivity index (χ3v) is 4.01. The lowest BCUT2D eigenvalue weighted by molar-refractivity contribution is -0.149. The summed E-state index contributed by atoms with van der Waals surface area (Å²) in [6.07, 6.45) is -16.5. The Kier molecular flexibility index (Phi) is 7.45. The van der Waals surface area contributed by atoms with Gasteiger partial charge in [-0.05, 0) is 23.8 Å². The highest BCUT2D eigenvalue weighted by Crippen LogP contribution is 2.41. The minimum Gasteiger partial charge on any atom is -0.314 e. The number of hydrogen-bond acceptors (Lipinski definition) is 2. The van der Waals surface area contributed by atoms with E-state index in [1.165, 1.54) is 4.90 Å². The average Bonchev–Trinajstić information content (AvgIpc) is 2.50. The van der Waals surface area contributed by atoms with Gasteiger partial charge in [-0.1, -0.05) is 0 Å². The van der Waals surface area contributed by atoms with E-state index in [9.17, 15) is 39.5 Å². The molecule has 1 aromatic rings. The fraction of sp³-hybridized carbons (Fsp3) is 0.600. The summed E-state index contributed by atoms with van der Waals surface area (Å²) >= 11 is 0. The van der Waals surface area contributed by atoms with Gasteiger partial charge in [0.15, 0.2) is 0 Å². The molecule has 0 amide bonds. The molecule has 1 fully saturated rings. The lowest BCUT2D eigenvalue weighted by Gasteiger charge is -2.36. The minimum absolute atomic E-state index is 0. The van der Waals surface area contributed by atoms with Gasteiger partial charge < -0.3 is 5.32 Å². The zero-order valence-corrected chi connectivity index (χ0v) is 14.4. The maximum Gasteiger partial charge on any atom is 0.416 e. The van der Waals surface area contributed by atoms with E-state index in [-0.39, 0.29) is 31.6 Å². The van der Waals surface area contributed by atoms with Gasteiger partial charge in [0.25, 0.3) is 0 Å². The molecule has 0 bridgehead atoms. The summed E-state index contributed by atoms with van der Waals surface area (Å²) in [4.78, 5) is 1.25. The maximum atomic E-state index is 13.0. The molecule has 27 heavy (non-hydrogen) atoms.